The summed E-state index contributed by atoms with van der Waals surface area (Å²) in [6.07, 6.45) is 15.3. The fourth-order valence-electron chi connectivity index (χ4n) is 3.94. The van der Waals surface area contributed by atoms with Crippen molar-refractivity contribution in [3.63, 3.8) is 0 Å². The van der Waals surface area contributed by atoms with Gasteiger partial charge in [-0.3, -0.25) is 9.78 Å². The summed E-state index contributed by atoms with van der Waals surface area (Å²) in [6.45, 7) is 23.7. The molecule has 0 N–H and O–H groups in total. The maximum atomic E-state index is 11.2. The van der Waals surface area contributed by atoms with Gasteiger partial charge >= 0.3 is 0 Å². The first-order valence-corrected chi connectivity index (χ1v) is 17.9. The van der Waals surface area contributed by atoms with Gasteiger partial charge < -0.3 is 4.90 Å². The summed E-state index contributed by atoms with van der Waals surface area (Å²) >= 11 is 0. The predicted octanol–water partition coefficient (Wildman–Crippen LogP) is 12.4. The number of aryl methyl sites for hydroxylation is 2. The van der Waals surface area contributed by atoms with Crippen molar-refractivity contribution in [3.05, 3.63) is 102 Å². The standard InChI is InChI=1S/2C9H12.C8H15NO.C8H11N.2C4H10/c1-8(2)9-6-4-3-5-7-9;1-2-6-9-7-4-3-5-8-9;1-2-5-8(10)9-6-3-4-7-9;1-2-4-8-5-3-6-9-7-8;1-4(2)3;1-3-4-2/h3-8H,1-2H3;3-5,7-8H,2,6H2,1H3;2-7H2,1H3;3,5-7H,2,4H2,1H3;4H,1-3H3;3-4H2,1-2H3. The number of hydrogen-bond donors (Lipinski definition) is 0. The van der Waals surface area contributed by atoms with Gasteiger partial charge in [0.25, 0.3) is 0 Å². The van der Waals surface area contributed by atoms with Crippen LogP contribution in [0.5, 0.6) is 0 Å². The van der Waals surface area contributed by atoms with Gasteiger partial charge in [-0.25, -0.2) is 0 Å². The maximum Gasteiger partial charge on any atom is 0.222 e. The maximum absolute atomic E-state index is 11.2. The average molecular weight is 619 g/mol. The van der Waals surface area contributed by atoms with Crippen LogP contribution < -0.4 is 0 Å². The minimum Gasteiger partial charge on any atom is -0.343 e. The Morgan fingerprint density at radius 1 is 0.644 bits per heavy atom. The summed E-state index contributed by atoms with van der Waals surface area (Å²) in [7, 11) is 0. The number of aromatic nitrogens is 1. The minimum atomic E-state index is 0.347. The van der Waals surface area contributed by atoms with Gasteiger partial charge in [-0.15, -0.1) is 0 Å². The Balaban J connectivity index is 0. The largest absolute Gasteiger partial charge is 0.343 e. The van der Waals surface area contributed by atoms with Gasteiger partial charge in [-0.1, -0.05) is 162 Å². The molecule has 0 unspecified atom stereocenters. The molecule has 2 aromatic carbocycles. The second kappa shape index (κ2) is 32.5. The number of hydrogen-bond acceptors (Lipinski definition) is 2. The fourth-order valence-corrected chi connectivity index (χ4v) is 3.94. The number of amides is 1. The lowest BCUT2D eigenvalue weighted by atomic mass is 10.0. The molecule has 1 amide bonds. The highest BCUT2D eigenvalue weighted by atomic mass is 16.2. The van der Waals surface area contributed by atoms with Crippen molar-refractivity contribution in [2.75, 3.05) is 13.1 Å². The number of carbonyl (C=O) groups excluding carboxylic acids is 1. The van der Waals surface area contributed by atoms with E-state index in [1.54, 1.807) is 6.20 Å². The van der Waals surface area contributed by atoms with E-state index >= 15 is 0 Å². The molecule has 0 bridgehead atoms. The van der Waals surface area contributed by atoms with E-state index < -0.39 is 0 Å². The normalized spacial score (nSPS) is 11.2. The number of benzene rings is 2. The molecule has 0 atom stereocenters. The van der Waals surface area contributed by atoms with Crippen LogP contribution in [0.3, 0.4) is 0 Å². The molecular formula is C42H70N2O. The third-order valence-electron chi connectivity index (χ3n) is 6.53. The van der Waals surface area contributed by atoms with E-state index in [2.05, 4.69) is 128 Å². The van der Waals surface area contributed by atoms with Crippen LogP contribution in [0.2, 0.25) is 0 Å². The van der Waals surface area contributed by atoms with Crippen LogP contribution in [-0.4, -0.2) is 28.9 Å². The molecule has 0 aliphatic carbocycles. The lowest BCUT2D eigenvalue weighted by Crippen LogP contribution is -2.26. The highest BCUT2D eigenvalue weighted by Crippen LogP contribution is 2.12. The van der Waals surface area contributed by atoms with E-state index in [4.69, 9.17) is 0 Å². The van der Waals surface area contributed by atoms with Gasteiger partial charge in [0.1, 0.15) is 0 Å². The third-order valence-corrected chi connectivity index (χ3v) is 6.53. The number of pyridine rings is 1. The zero-order valence-electron chi connectivity index (χ0n) is 31.0. The van der Waals surface area contributed by atoms with Gasteiger partial charge in [0.15, 0.2) is 0 Å². The second-order valence-electron chi connectivity index (χ2n) is 12.5. The van der Waals surface area contributed by atoms with Crippen LogP contribution in [0.15, 0.2) is 85.2 Å². The van der Waals surface area contributed by atoms with E-state index in [0.29, 0.717) is 11.8 Å². The zero-order chi connectivity index (χ0) is 34.1. The van der Waals surface area contributed by atoms with E-state index in [1.165, 1.54) is 61.6 Å². The Labute approximate surface area is 280 Å². The molecule has 1 saturated heterocycles. The Morgan fingerprint density at radius 2 is 1.11 bits per heavy atom. The highest BCUT2D eigenvalue weighted by molar-refractivity contribution is 5.76. The second-order valence-corrected chi connectivity index (χ2v) is 12.5. The molecule has 4 rings (SSSR count). The summed E-state index contributed by atoms with van der Waals surface area (Å²) in [4.78, 5) is 17.2. The molecule has 1 aliphatic rings. The molecule has 2 heterocycles. The summed E-state index contributed by atoms with van der Waals surface area (Å²) in [6, 6.07) is 25.2. The van der Waals surface area contributed by atoms with Crippen LogP contribution in [0, 0.1) is 5.92 Å². The first kappa shape index (κ1) is 44.2. The Hall–Kier alpha value is -2.94. The molecule has 1 aliphatic heterocycles. The van der Waals surface area contributed by atoms with Gasteiger partial charge in [-0.05, 0) is 66.7 Å². The van der Waals surface area contributed by atoms with Crippen LogP contribution in [0.1, 0.15) is 143 Å². The fraction of sp³-hybridized carbons (Fsp3) is 0.571. The van der Waals surface area contributed by atoms with Crippen LogP contribution in [-0.2, 0) is 17.6 Å². The van der Waals surface area contributed by atoms with Crippen molar-refractivity contribution in [3.8, 4) is 0 Å². The molecule has 0 radical (unpaired) electrons. The predicted molar refractivity (Wildman–Crippen MR) is 201 cm³/mol. The van der Waals surface area contributed by atoms with Gasteiger partial charge in [0, 0.05) is 31.9 Å². The summed E-state index contributed by atoms with van der Waals surface area (Å²) < 4.78 is 0. The molecule has 0 spiro atoms. The number of unbranched alkanes of at least 4 members (excludes halogenated alkanes) is 1. The molecule has 45 heavy (non-hydrogen) atoms. The quantitative estimate of drug-likeness (QED) is 0.252. The van der Waals surface area contributed by atoms with E-state index in [-0.39, 0.29) is 0 Å². The summed E-state index contributed by atoms with van der Waals surface area (Å²) in [5.41, 5.74) is 4.19. The molecule has 3 nitrogen and oxygen atoms in total. The first-order chi connectivity index (χ1) is 21.7. The monoisotopic (exact) mass is 619 g/mol. The van der Waals surface area contributed by atoms with Crippen LogP contribution >= 0.6 is 0 Å². The molecule has 0 saturated carbocycles. The van der Waals surface area contributed by atoms with Crippen molar-refractivity contribution in [1.29, 1.82) is 0 Å². The topological polar surface area (TPSA) is 33.2 Å². The number of nitrogens with zero attached hydrogens (tertiary/aromatic N) is 2. The average Bonchev–Trinajstić information content (AvgIpc) is 3.60. The van der Waals surface area contributed by atoms with Crippen molar-refractivity contribution in [2.24, 2.45) is 5.92 Å². The molecular weight excluding hydrogens is 548 g/mol. The van der Waals surface area contributed by atoms with E-state index in [9.17, 15) is 4.79 Å². The molecule has 3 aromatic rings. The smallest absolute Gasteiger partial charge is 0.222 e. The minimum absolute atomic E-state index is 0.347. The lowest BCUT2D eigenvalue weighted by molar-refractivity contribution is -0.130. The Morgan fingerprint density at radius 3 is 1.49 bits per heavy atom. The molecule has 3 heteroatoms. The van der Waals surface area contributed by atoms with Crippen LogP contribution in [0.25, 0.3) is 0 Å². The van der Waals surface area contributed by atoms with E-state index in [1.807, 2.05) is 30.2 Å². The summed E-state index contributed by atoms with van der Waals surface area (Å²) in [5.74, 6) is 1.84. The zero-order valence-corrected chi connectivity index (χ0v) is 31.0. The Kier molecular flexibility index (Phi) is 31.9. The Bertz CT molecular complexity index is 935. The third kappa shape index (κ3) is 29.5. The number of rotatable bonds is 8. The molecule has 254 valence electrons. The molecule has 1 aromatic heterocycles. The van der Waals surface area contributed by atoms with Crippen LogP contribution in [0.4, 0.5) is 0 Å². The van der Waals surface area contributed by atoms with Gasteiger partial charge in [0.2, 0.25) is 5.91 Å². The SMILES string of the molecule is CC(C)C.CC(C)c1ccccc1.CCCC.CCCC(=O)N1CCCC1.CCCc1ccccc1.CCCc1cccnc1. The van der Waals surface area contributed by atoms with Crippen molar-refractivity contribution >= 4 is 5.91 Å². The lowest BCUT2D eigenvalue weighted by Gasteiger charge is -2.13. The summed E-state index contributed by atoms with van der Waals surface area (Å²) in [5, 5.41) is 0. The number of carbonyl (C=O) groups is 1. The first-order valence-electron chi connectivity index (χ1n) is 17.9. The molecule has 1 fully saturated rings. The van der Waals surface area contributed by atoms with Crippen molar-refractivity contribution in [2.45, 2.75) is 139 Å². The van der Waals surface area contributed by atoms with Gasteiger partial charge in [0.05, 0.1) is 0 Å². The van der Waals surface area contributed by atoms with Gasteiger partial charge in [-0.2, -0.15) is 0 Å². The number of likely N-dealkylation sites (tertiary alicyclic amines) is 1. The van der Waals surface area contributed by atoms with E-state index in [0.717, 1.165) is 38.3 Å². The van der Waals surface area contributed by atoms with Crippen molar-refractivity contribution < 1.29 is 4.79 Å². The van der Waals surface area contributed by atoms with Crippen molar-refractivity contribution in [1.82, 2.24) is 9.88 Å². The highest BCUT2D eigenvalue weighted by Gasteiger charge is 2.15.